The Morgan fingerprint density at radius 3 is 1.92 bits per heavy atom. The van der Waals surface area contributed by atoms with Crippen LogP contribution in [0, 0.1) is 0 Å². The summed E-state index contributed by atoms with van der Waals surface area (Å²) in [5.74, 6) is 0. The van der Waals surface area contributed by atoms with Crippen LogP contribution >= 0.6 is 0 Å². The lowest BCUT2D eigenvalue weighted by Crippen LogP contribution is -2.46. The van der Waals surface area contributed by atoms with E-state index in [9.17, 15) is 0 Å². The first kappa shape index (κ1) is 13.1. The second kappa shape index (κ2) is 5.13. The highest BCUT2D eigenvalue weighted by molar-refractivity contribution is 6.69. The Morgan fingerprint density at radius 2 is 1.62 bits per heavy atom. The molecule has 0 N–H and O–H groups in total. The first-order valence-electron chi connectivity index (χ1n) is 5.04. The number of hydrogen-bond acceptors (Lipinski definition) is 2. The van der Waals surface area contributed by atoms with Gasteiger partial charge in [0.1, 0.15) is 0 Å². The van der Waals surface area contributed by atoms with E-state index in [-0.39, 0.29) is 5.04 Å². The van der Waals surface area contributed by atoms with Gasteiger partial charge in [0.15, 0.2) is 0 Å². The van der Waals surface area contributed by atoms with Crippen LogP contribution in [0.25, 0.3) is 0 Å². The molecule has 0 fully saturated rings. The topological polar surface area (TPSA) is 18.5 Å². The van der Waals surface area contributed by atoms with Crippen LogP contribution in [-0.4, -0.2) is 22.8 Å². The summed E-state index contributed by atoms with van der Waals surface area (Å²) in [5.41, 5.74) is 0. The molecular formula is C10H24O2Si. The van der Waals surface area contributed by atoms with Gasteiger partial charge in [-0.15, -0.1) is 0 Å². The van der Waals surface area contributed by atoms with Gasteiger partial charge in [0.25, 0.3) is 0 Å². The fraction of sp³-hybridized carbons (Fsp3) is 1.00. The van der Waals surface area contributed by atoms with Crippen molar-refractivity contribution in [3.05, 3.63) is 0 Å². The second-order valence-corrected chi connectivity index (χ2v) is 8.40. The fourth-order valence-corrected chi connectivity index (χ4v) is 3.38. The van der Waals surface area contributed by atoms with Crippen molar-refractivity contribution >= 4 is 8.56 Å². The highest BCUT2D eigenvalue weighted by atomic mass is 28.4. The summed E-state index contributed by atoms with van der Waals surface area (Å²) >= 11 is 0. The third-order valence-corrected chi connectivity index (χ3v) is 7.43. The smallest absolute Gasteiger partial charge is 0.340 e. The van der Waals surface area contributed by atoms with Gasteiger partial charge in [0, 0.05) is 19.3 Å². The Labute approximate surface area is 83.9 Å². The molecule has 0 saturated heterocycles. The maximum atomic E-state index is 5.57. The Bertz CT molecular complexity index is 142. The molecule has 0 aliphatic rings. The molecule has 0 aliphatic carbocycles. The van der Waals surface area contributed by atoms with Crippen molar-refractivity contribution < 1.29 is 8.85 Å². The van der Waals surface area contributed by atoms with Crippen molar-refractivity contribution in [1.29, 1.82) is 0 Å². The van der Waals surface area contributed by atoms with Gasteiger partial charge in [-0.3, -0.25) is 0 Å². The highest BCUT2D eigenvalue weighted by Crippen LogP contribution is 2.42. The van der Waals surface area contributed by atoms with Crippen molar-refractivity contribution in [2.45, 2.75) is 51.6 Å². The molecule has 80 valence electrons. The van der Waals surface area contributed by atoms with Crippen LogP contribution in [0.2, 0.25) is 11.6 Å². The van der Waals surface area contributed by atoms with Gasteiger partial charge < -0.3 is 8.85 Å². The van der Waals surface area contributed by atoms with E-state index in [0.29, 0.717) is 0 Å². The molecule has 3 heteroatoms. The molecule has 0 aromatic carbocycles. The van der Waals surface area contributed by atoms with E-state index < -0.39 is 8.56 Å². The summed E-state index contributed by atoms with van der Waals surface area (Å²) in [4.78, 5) is 0. The summed E-state index contributed by atoms with van der Waals surface area (Å²) in [6, 6.07) is 0. The minimum atomic E-state index is -1.96. The molecule has 0 spiro atoms. The minimum Gasteiger partial charge on any atom is -0.397 e. The molecule has 0 heterocycles. The predicted molar refractivity (Wildman–Crippen MR) is 59.2 cm³/mol. The third kappa shape index (κ3) is 3.08. The van der Waals surface area contributed by atoms with Gasteiger partial charge in [-0.2, -0.15) is 0 Å². The zero-order valence-electron chi connectivity index (χ0n) is 9.94. The molecule has 0 saturated carbocycles. The molecule has 13 heavy (non-hydrogen) atoms. The molecular weight excluding hydrogens is 180 g/mol. The average Bonchev–Trinajstić information content (AvgIpc) is 2.13. The van der Waals surface area contributed by atoms with Crippen LogP contribution in [0.3, 0.4) is 0 Å². The van der Waals surface area contributed by atoms with Crippen molar-refractivity contribution in [3.63, 3.8) is 0 Å². The summed E-state index contributed by atoms with van der Waals surface area (Å²) in [7, 11) is 1.57. The molecule has 0 radical (unpaired) electrons. The molecule has 0 amide bonds. The Hall–Kier alpha value is 0.137. The zero-order valence-corrected chi connectivity index (χ0v) is 10.9. The van der Waals surface area contributed by atoms with Gasteiger partial charge in [0.2, 0.25) is 0 Å². The molecule has 0 rings (SSSR count). The van der Waals surface area contributed by atoms with Crippen LogP contribution in [0.5, 0.6) is 0 Å². The van der Waals surface area contributed by atoms with Crippen molar-refractivity contribution in [2.24, 2.45) is 0 Å². The standard InChI is InChI=1S/C10H24O2Si/c1-7-8-9-10(2,3)13(6,11-4)12-5/h7-9H2,1-6H3. The van der Waals surface area contributed by atoms with E-state index in [1.54, 1.807) is 14.2 Å². The Morgan fingerprint density at radius 1 is 1.15 bits per heavy atom. The van der Waals surface area contributed by atoms with E-state index in [1.807, 2.05) is 0 Å². The third-order valence-electron chi connectivity index (χ3n) is 3.16. The molecule has 0 unspecified atom stereocenters. The number of unbranched alkanes of at least 4 members (excludes halogenated alkanes) is 1. The lowest BCUT2D eigenvalue weighted by molar-refractivity contribution is 0.212. The van der Waals surface area contributed by atoms with E-state index >= 15 is 0 Å². The Balaban J connectivity index is 4.37. The average molecular weight is 204 g/mol. The number of rotatable bonds is 6. The van der Waals surface area contributed by atoms with E-state index in [2.05, 4.69) is 27.3 Å². The molecule has 0 aromatic rings. The summed E-state index contributed by atoms with van der Waals surface area (Å²) < 4.78 is 11.1. The quantitative estimate of drug-likeness (QED) is 0.618. The molecule has 0 aromatic heterocycles. The van der Waals surface area contributed by atoms with E-state index in [0.717, 1.165) is 0 Å². The van der Waals surface area contributed by atoms with Crippen LogP contribution in [0.1, 0.15) is 40.0 Å². The normalized spacial score (nSPS) is 13.4. The molecule has 0 bridgehead atoms. The van der Waals surface area contributed by atoms with E-state index in [4.69, 9.17) is 8.85 Å². The number of hydrogen-bond donors (Lipinski definition) is 0. The first-order valence-corrected chi connectivity index (χ1v) is 7.35. The summed E-state index contributed by atoms with van der Waals surface area (Å²) in [6.45, 7) is 8.86. The maximum absolute atomic E-state index is 5.57. The predicted octanol–water partition coefficient (Wildman–Crippen LogP) is 3.32. The monoisotopic (exact) mass is 204 g/mol. The molecule has 0 atom stereocenters. The van der Waals surface area contributed by atoms with Crippen LogP contribution < -0.4 is 0 Å². The second-order valence-electron chi connectivity index (χ2n) is 4.34. The van der Waals surface area contributed by atoms with E-state index in [1.165, 1.54) is 19.3 Å². The summed E-state index contributed by atoms with van der Waals surface area (Å²) in [6.07, 6.45) is 3.68. The van der Waals surface area contributed by atoms with Crippen molar-refractivity contribution in [3.8, 4) is 0 Å². The van der Waals surface area contributed by atoms with Crippen LogP contribution in [0.4, 0.5) is 0 Å². The SMILES string of the molecule is CCCCC(C)(C)[Si](C)(OC)OC. The van der Waals surface area contributed by atoms with Crippen molar-refractivity contribution in [1.82, 2.24) is 0 Å². The lowest BCUT2D eigenvalue weighted by atomic mass is 10.1. The minimum absolute atomic E-state index is 0.201. The lowest BCUT2D eigenvalue weighted by Gasteiger charge is -2.38. The van der Waals surface area contributed by atoms with Crippen molar-refractivity contribution in [2.75, 3.05) is 14.2 Å². The van der Waals surface area contributed by atoms with Gasteiger partial charge in [-0.25, -0.2) is 0 Å². The van der Waals surface area contributed by atoms with Gasteiger partial charge in [-0.1, -0.05) is 33.6 Å². The first-order chi connectivity index (χ1) is 5.93. The zero-order chi connectivity index (χ0) is 10.5. The molecule has 0 aliphatic heterocycles. The van der Waals surface area contributed by atoms with Crippen LogP contribution in [0.15, 0.2) is 0 Å². The van der Waals surface area contributed by atoms with Crippen LogP contribution in [-0.2, 0) is 8.85 Å². The Kier molecular flexibility index (Phi) is 5.18. The maximum Gasteiger partial charge on any atom is 0.340 e. The fourth-order valence-electron chi connectivity index (χ4n) is 1.48. The molecule has 2 nitrogen and oxygen atoms in total. The largest absolute Gasteiger partial charge is 0.397 e. The van der Waals surface area contributed by atoms with Gasteiger partial charge >= 0.3 is 8.56 Å². The van der Waals surface area contributed by atoms with Gasteiger partial charge in [-0.05, 0) is 13.0 Å². The highest BCUT2D eigenvalue weighted by Gasteiger charge is 2.45. The summed E-state index contributed by atoms with van der Waals surface area (Å²) in [5, 5.41) is 0.201. The van der Waals surface area contributed by atoms with Gasteiger partial charge in [0.05, 0.1) is 0 Å².